The average molecular weight is 427 g/mol. The molecule has 2 amide bonds. The number of piperidine rings is 1. The molecule has 0 saturated carbocycles. The summed E-state index contributed by atoms with van der Waals surface area (Å²) in [6.07, 6.45) is 5.10. The highest BCUT2D eigenvalue weighted by Gasteiger charge is 2.31. The first-order valence-electron chi connectivity index (χ1n) is 10.5. The number of hydrogen-bond acceptors (Lipinski definition) is 4. The maximum Gasteiger partial charge on any atom is 0.253 e. The normalized spacial score (nSPS) is 18.4. The van der Waals surface area contributed by atoms with E-state index in [2.05, 4.69) is 9.88 Å². The van der Waals surface area contributed by atoms with Crippen molar-refractivity contribution in [3.8, 4) is 0 Å². The Morgan fingerprint density at radius 3 is 2.13 bits per heavy atom. The molecule has 0 aliphatic carbocycles. The Balaban J connectivity index is 1.24. The van der Waals surface area contributed by atoms with Gasteiger partial charge in [-0.25, -0.2) is 0 Å². The van der Waals surface area contributed by atoms with Gasteiger partial charge >= 0.3 is 0 Å². The Morgan fingerprint density at radius 2 is 1.50 bits per heavy atom. The second kappa shape index (κ2) is 9.58. The van der Waals surface area contributed by atoms with Crippen LogP contribution in [0.3, 0.4) is 0 Å². The molecule has 2 aliphatic heterocycles. The molecule has 3 heterocycles. The number of carbonyl (C=O) groups is 2. The summed E-state index contributed by atoms with van der Waals surface area (Å²) in [5.74, 6) is 0.283. The summed E-state index contributed by atoms with van der Waals surface area (Å²) in [6.45, 7) is 5.47. The van der Waals surface area contributed by atoms with Gasteiger partial charge in [0.15, 0.2) is 0 Å². The number of hydrogen-bond donors (Lipinski definition) is 0. The molecule has 0 atom stereocenters. The Hall–Kier alpha value is -2.44. The van der Waals surface area contributed by atoms with E-state index >= 15 is 0 Å². The molecular weight excluding hydrogens is 400 g/mol. The highest BCUT2D eigenvalue weighted by Crippen LogP contribution is 2.22. The van der Waals surface area contributed by atoms with Crippen molar-refractivity contribution < 1.29 is 9.59 Å². The first kappa shape index (κ1) is 20.8. The number of carbonyl (C=O) groups excluding carboxylic acids is 2. The van der Waals surface area contributed by atoms with Crippen molar-refractivity contribution in [3.05, 3.63) is 64.9 Å². The molecule has 1 aromatic carbocycles. The van der Waals surface area contributed by atoms with Crippen LogP contribution in [0.2, 0.25) is 5.02 Å². The number of aromatic nitrogens is 1. The molecule has 4 rings (SSSR count). The fourth-order valence-corrected chi connectivity index (χ4v) is 4.36. The van der Waals surface area contributed by atoms with E-state index in [0.717, 1.165) is 45.6 Å². The van der Waals surface area contributed by atoms with E-state index in [9.17, 15) is 9.59 Å². The number of amides is 2. The molecule has 2 aromatic rings. The second-order valence-corrected chi connectivity index (χ2v) is 8.47. The number of halogens is 1. The van der Waals surface area contributed by atoms with Gasteiger partial charge in [-0.1, -0.05) is 11.6 Å². The van der Waals surface area contributed by atoms with Crippen LogP contribution in [0.5, 0.6) is 0 Å². The van der Waals surface area contributed by atoms with Crippen LogP contribution in [-0.4, -0.2) is 70.8 Å². The topological polar surface area (TPSA) is 56.8 Å². The molecule has 0 unspecified atom stereocenters. The van der Waals surface area contributed by atoms with Crippen LogP contribution in [0.25, 0.3) is 0 Å². The van der Waals surface area contributed by atoms with Crippen molar-refractivity contribution in [3.63, 3.8) is 0 Å². The minimum absolute atomic E-state index is 0.0160. The van der Waals surface area contributed by atoms with E-state index in [0.29, 0.717) is 23.7 Å². The minimum Gasteiger partial charge on any atom is -0.340 e. The number of nitrogens with zero attached hydrogens (tertiary/aromatic N) is 4. The lowest BCUT2D eigenvalue weighted by Gasteiger charge is -2.38. The molecule has 1 aromatic heterocycles. The molecule has 30 heavy (non-hydrogen) atoms. The lowest BCUT2D eigenvalue weighted by molar-refractivity contribution is -0.138. The Kier molecular flexibility index (Phi) is 6.65. The third-order valence-corrected chi connectivity index (χ3v) is 6.31. The SMILES string of the molecule is O=C(c1ccc(Cl)cc1)N1CCC(C(=O)N2CCN(Cc3ccncc3)CC2)CC1. The largest absolute Gasteiger partial charge is 0.340 e. The lowest BCUT2D eigenvalue weighted by Crippen LogP contribution is -2.51. The summed E-state index contributed by atoms with van der Waals surface area (Å²) in [7, 11) is 0. The van der Waals surface area contributed by atoms with Gasteiger partial charge < -0.3 is 9.80 Å². The zero-order valence-corrected chi connectivity index (χ0v) is 17.8. The van der Waals surface area contributed by atoms with Crippen LogP contribution in [-0.2, 0) is 11.3 Å². The Labute approximate surface area is 182 Å². The van der Waals surface area contributed by atoms with Crippen LogP contribution < -0.4 is 0 Å². The predicted octanol–water partition coefficient (Wildman–Crippen LogP) is 2.93. The second-order valence-electron chi connectivity index (χ2n) is 8.03. The molecule has 0 N–H and O–H groups in total. The van der Waals surface area contributed by atoms with E-state index < -0.39 is 0 Å². The van der Waals surface area contributed by atoms with E-state index in [1.807, 2.05) is 34.3 Å². The summed E-state index contributed by atoms with van der Waals surface area (Å²) in [5.41, 5.74) is 1.90. The summed E-state index contributed by atoms with van der Waals surface area (Å²) >= 11 is 5.91. The molecule has 158 valence electrons. The standard InChI is InChI=1S/C23H27ClN4O2/c24-21-3-1-19(2-4-21)22(29)27-11-7-20(8-12-27)23(30)28-15-13-26(14-16-28)17-18-5-9-25-10-6-18/h1-6,9-10,20H,7-8,11-17H2. The van der Waals surface area contributed by atoms with Crippen molar-refractivity contribution in [1.82, 2.24) is 19.7 Å². The third kappa shape index (κ3) is 4.99. The third-order valence-electron chi connectivity index (χ3n) is 6.06. The van der Waals surface area contributed by atoms with Gasteiger partial charge in [-0.3, -0.25) is 19.5 Å². The minimum atomic E-state index is 0.0160. The average Bonchev–Trinajstić information content (AvgIpc) is 2.80. The summed E-state index contributed by atoms with van der Waals surface area (Å²) in [4.78, 5) is 35.9. The van der Waals surface area contributed by atoms with Crippen LogP contribution in [0.4, 0.5) is 0 Å². The monoisotopic (exact) mass is 426 g/mol. The van der Waals surface area contributed by atoms with Crippen LogP contribution >= 0.6 is 11.6 Å². The molecule has 2 aliphatic rings. The van der Waals surface area contributed by atoms with Gasteiger partial charge in [0.1, 0.15) is 0 Å². The quantitative estimate of drug-likeness (QED) is 0.754. The lowest BCUT2D eigenvalue weighted by atomic mass is 9.94. The number of benzene rings is 1. The maximum absolute atomic E-state index is 13.0. The molecule has 2 saturated heterocycles. The fraction of sp³-hybridized carbons (Fsp3) is 0.435. The zero-order chi connectivity index (χ0) is 20.9. The fourth-order valence-electron chi connectivity index (χ4n) is 4.24. The van der Waals surface area contributed by atoms with Crippen molar-refractivity contribution in [1.29, 1.82) is 0 Å². The number of likely N-dealkylation sites (tertiary alicyclic amines) is 1. The first-order valence-corrected chi connectivity index (χ1v) is 10.9. The molecule has 0 radical (unpaired) electrons. The van der Waals surface area contributed by atoms with Gasteiger partial charge in [-0.15, -0.1) is 0 Å². The maximum atomic E-state index is 13.0. The van der Waals surface area contributed by atoms with Crippen molar-refractivity contribution in [2.24, 2.45) is 5.92 Å². The Bertz CT molecular complexity index is 859. The Morgan fingerprint density at radius 1 is 0.867 bits per heavy atom. The highest BCUT2D eigenvalue weighted by molar-refractivity contribution is 6.30. The van der Waals surface area contributed by atoms with Gasteiger partial charge in [-0.2, -0.15) is 0 Å². The number of rotatable bonds is 4. The first-order chi connectivity index (χ1) is 14.6. The zero-order valence-electron chi connectivity index (χ0n) is 17.0. The van der Waals surface area contributed by atoms with Gasteiger partial charge in [0.05, 0.1) is 0 Å². The molecule has 0 bridgehead atoms. The van der Waals surface area contributed by atoms with Crippen LogP contribution in [0.1, 0.15) is 28.8 Å². The van der Waals surface area contributed by atoms with Gasteiger partial charge in [0, 0.05) is 74.7 Å². The highest BCUT2D eigenvalue weighted by atomic mass is 35.5. The van der Waals surface area contributed by atoms with E-state index in [1.165, 1.54) is 5.56 Å². The van der Waals surface area contributed by atoms with Gasteiger partial charge in [-0.05, 0) is 54.8 Å². The molecule has 0 spiro atoms. The van der Waals surface area contributed by atoms with Crippen molar-refractivity contribution in [2.45, 2.75) is 19.4 Å². The summed E-state index contributed by atoms with van der Waals surface area (Å²) in [5, 5.41) is 0.622. The summed E-state index contributed by atoms with van der Waals surface area (Å²) in [6, 6.07) is 11.1. The smallest absolute Gasteiger partial charge is 0.253 e. The van der Waals surface area contributed by atoms with Crippen molar-refractivity contribution in [2.75, 3.05) is 39.3 Å². The molecule has 7 heteroatoms. The van der Waals surface area contributed by atoms with E-state index in [1.54, 1.807) is 24.3 Å². The van der Waals surface area contributed by atoms with E-state index in [4.69, 9.17) is 11.6 Å². The molecule has 6 nitrogen and oxygen atoms in total. The van der Waals surface area contributed by atoms with E-state index in [-0.39, 0.29) is 17.7 Å². The number of piperazine rings is 1. The van der Waals surface area contributed by atoms with Gasteiger partial charge in [0.25, 0.3) is 5.91 Å². The predicted molar refractivity (Wildman–Crippen MR) is 116 cm³/mol. The van der Waals surface area contributed by atoms with Crippen molar-refractivity contribution >= 4 is 23.4 Å². The van der Waals surface area contributed by atoms with Crippen LogP contribution in [0, 0.1) is 5.92 Å². The van der Waals surface area contributed by atoms with Gasteiger partial charge in [0.2, 0.25) is 5.91 Å². The molecular formula is C23H27ClN4O2. The van der Waals surface area contributed by atoms with Crippen LogP contribution in [0.15, 0.2) is 48.8 Å². The summed E-state index contributed by atoms with van der Waals surface area (Å²) < 4.78 is 0. The molecule has 2 fully saturated rings. The number of pyridine rings is 1.